The molecule has 5 heteroatoms. The van der Waals surface area contributed by atoms with Gasteiger partial charge in [-0.2, -0.15) is 4.31 Å². The molecule has 0 aromatic heterocycles. The first-order valence-corrected chi connectivity index (χ1v) is 9.51. The topological polar surface area (TPSA) is 57.6 Å². The van der Waals surface area contributed by atoms with Crippen LogP contribution in [0, 0.1) is 5.92 Å². The zero-order valence-electron chi connectivity index (χ0n) is 14.4. The Balaban J connectivity index is 2.44. The smallest absolute Gasteiger partial charge is 0.219 e. The van der Waals surface area contributed by atoms with Crippen LogP contribution in [-0.2, 0) is 10.0 Å². The van der Waals surface area contributed by atoms with E-state index in [0.717, 1.165) is 11.1 Å². The monoisotopic (exact) mass is 337 g/mol. The first-order chi connectivity index (χ1) is 10.7. The summed E-state index contributed by atoms with van der Waals surface area (Å²) in [6, 6.07) is 9.65. The quantitative estimate of drug-likeness (QED) is 0.919. The molecule has 1 N–H and O–H groups in total. The number of aliphatic hydroxyl groups is 1. The van der Waals surface area contributed by atoms with Gasteiger partial charge in [-0.25, -0.2) is 8.42 Å². The van der Waals surface area contributed by atoms with Crippen molar-refractivity contribution in [1.29, 1.82) is 0 Å². The number of rotatable bonds is 4. The van der Waals surface area contributed by atoms with E-state index in [2.05, 4.69) is 13.0 Å². The molecule has 2 atom stereocenters. The summed E-state index contributed by atoms with van der Waals surface area (Å²) in [5.41, 5.74) is 2.14. The molecule has 1 aliphatic heterocycles. The van der Waals surface area contributed by atoms with E-state index >= 15 is 0 Å². The Morgan fingerprint density at radius 3 is 2.39 bits per heavy atom. The lowest BCUT2D eigenvalue weighted by Gasteiger charge is -2.31. The van der Waals surface area contributed by atoms with Gasteiger partial charge < -0.3 is 5.11 Å². The summed E-state index contributed by atoms with van der Waals surface area (Å²) in [7, 11) is -3.42. The van der Waals surface area contributed by atoms with Crippen LogP contribution in [-0.4, -0.2) is 41.8 Å². The lowest BCUT2D eigenvalue weighted by molar-refractivity contribution is 0.254. The van der Waals surface area contributed by atoms with E-state index in [1.165, 1.54) is 0 Å². The fraction of sp³-hybridized carbons (Fsp3) is 0.556. The third kappa shape index (κ3) is 3.67. The van der Waals surface area contributed by atoms with E-state index in [4.69, 9.17) is 0 Å². The van der Waals surface area contributed by atoms with Crippen molar-refractivity contribution in [3.8, 4) is 0 Å². The van der Waals surface area contributed by atoms with Crippen LogP contribution < -0.4 is 0 Å². The minimum Gasteiger partial charge on any atom is -0.396 e. The Bertz CT molecular complexity index is 659. The molecule has 0 bridgehead atoms. The van der Waals surface area contributed by atoms with Gasteiger partial charge in [0.05, 0.1) is 4.75 Å². The average molecular weight is 337 g/mol. The zero-order chi connectivity index (χ0) is 17.3. The molecule has 128 valence electrons. The summed E-state index contributed by atoms with van der Waals surface area (Å²) in [5, 5.41) is 9.43. The molecule has 1 aromatic rings. The summed E-state index contributed by atoms with van der Waals surface area (Å²) in [6.07, 6.45) is 2.50. The second-order valence-electron chi connectivity index (χ2n) is 7.17. The standard InChI is InChI=1S/C18H27NO3S/c1-14-13-19(23(21,22)18(2,3)4)17(10-11-20)16(14)12-15-8-6-5-7-9-15/h5-9,12,14,17,20H,10-11,13H2,1-4H3/b16-12-/t14-,17-/m1/s1. The molecule has 4 nitrogen and oxygen atoms in total. The van der Waals surface area contributed by atoms with E-state index in [0.29, 0.717) is 13.0 Å². The van der Waals surface area contributed by atoms with Gasteiger partial charge in [-0.05, 0) is 44.2 Å². The van der Waals surface area contributed by atoms with Crippen molar-refractivity contribution in [3.63, 3.8) is 0 Å². The number of hydrogen-bond donors (Lipinski definition) is 1. The molecule has 0 saturated carbocycles. The maximum Gasteiger partial charge on any atom is 0.219 e. The Morgan fingerprint density at radius 1 is 1.26 bits per heavy atom. The third-order valence-electron chi connectivity index (χ3n) is 4.37. The second-order valence-corrected chi connectivity index (χ2v) is 9.82. The van der Waals surface area contributed by atoms with Crippen molar-refractivity contribution in [3.05, 3.63) is 41.5 Å². The fourth-order valence-electron chi connectivity index (χ4n) is 3.03. The van der Waals surface area contributed by atoms with Crippen LogP contribution in [0.4, 0.5) is 0 Å². The van der Waals surface area contributed by atoms with E-state index < -0.39 is 14.8 Å². The first kappa shape index (κ1) is 18.2. The average Bonchev–Trinajstić information content (AvgIpc) is 2.77. The predicted octanol–water partition coefficient (Wildman–Crippen LogP) is 2.90. The summed E-state index contributed by atoms with van der Waals surface area (Å²) >= 11 is 0. The normalized spacial score (nSPS) is 25.2. The lowest BCUT2D eigenvalue weighted by Crippen LogP contribution is -2.46. The van der Waals surface area contributed by atoms with Crippen molar-refractivity contribution in [1.82, 2.24) is 4.31 Å². The van der Waals surface area contributed by atoms with Crippen molar-refractivity contribution < 1.29 is 13.5 Å². The number of hydrogen-bond acceptors (Lipinski definition) is 3. The Kier molecular flexibility index (Phi) is 5.33. The maximum atomic E-state index is 12.9. The third-order valence-corrected chi connectivity index (χ3v) is 6.94. The largest absolute Gasteiger partial charge is 0.396 e. The van der Waals surface area contributed by atoms with Gasteiger partial charge in [0.2, 0.25) is 10.0 Å². The van der Waals surface area contributed by atoms with E-state index in [9.17, 15) is 13.5 Å². The van der Waals surface area contributed by atoms with Gasteiger partial charge in [0.15, 0.2) is 0 Å². The van der Waals surface area contributed by atoms with Crippen LogP contribution in [0.25, 0.3) is 6.08 Å². The highest BCUT2D eigenvalue weighted by Crippen LogP contribution is 2.37. The Labute approximate surface area is 139 Å². The van der Waals surface area contributed by atoms with Gasteiger partial charge >= 0.3 is 0 Å². The van der Waals surface area contributed by atoms with Gasteiger partial charge in [0.1, 0.15) is 0 Å². The van der Waals surface area contributed by atoms with Crippen molar-refractivity contribution in [2.45, 2.75) is 44.9 Å². The highest BCUT2D eigenvalue weighted by atomic mass is 32.2. The highest BCUT2D eigenvalue weighted by molar-refractivity contribution is 7.90. The molecule has 2 rings (SSSR count). The van der Waals surface area contributed by atoms with Gasteiger partial charge in [0, 0.05) is 19.2 Å². The van der Waals surface area contributed by atoms with Crippen LogP contribution in [0.1, 0.15) is 39.7 Å². The Morgan fingerprint density at radius 2 is 1.87 bits per heavy atom. The van der Waals surface area contributed by atoms with Gasteiger partial charge in [0.25, 0.3) is 0 Å². The van der Waals surface area contributed by atoms with Gasteiger partial charge in [-0.15, -0.1) is 0 Å². The highest BCUT2D eigenvalue weighted by Gasteiger charge is 2.45. The number of aliphatic hydroxyl groups excluding tert-OH is 1. The van der Waals surface area contributed by atoms with Gasteiger partial charge in [-0.1, -0.05) is 43.3 Å². The molecule has 1 aromatic carbocycles. The molecule has 1 aliphatic rings. The van der Waals surface area contributed by atoms with Gasteiger partial charge in [-0.3, -0.25) is 0 Å². The minimum absolute atomic E-state index is 0.0281. The van der Waals surface area contributed by atoms with Crippen LogP contribution in [0.2, 0.25) is 0 Å². The summed E-state index contributed by atoms with van der Waals surface area (Å²) in [5.74, 6) is 0.142. The molecule has 0 spiro atoms. The zero-order valence-corrected chi connectivity index (χ0v) is 15.2. The molecule has 1 heterocycles. The molecule has 0 aliphatic carbocycles. The van der Waals surface area contributed by atoms with Crippen LogP contribution in [0.3, 0.4) is 0 Å². The summed E-state index contributed by atoms with van der Waals surface area (Å²) in [4.78, 5) is 0. The second kappa shape index (κ2) is 6.75. The first-order valence-electron chi connectivity index (χ1n) is 8.07. The number of nitrogens with zero attached hydrogens (tertiary/aromatic N) is 1. The number of benzene rings is 1. The Hall–Kier alpha value is -1.17. The molecular formula is C18H27NO3S. The maximum absolute atomic E-state index is 12.9. The summed E-state index contributed by atoms with van der Waals surface area (Å²) in [6.45, 7) is 7.67. The minimum atomic E-state index is -3.42. The molecule has 0 radical (unpaired) electrons. The van der Waals surface area contributed by atoms with Crippen molar-refractivity contribution >= 4 is 16.1 Å². The van der Waals surface area contributed by atoms with Crippen molar-refractivity contribution in [2.24, 2.45) is 5.92 Å². The predicted molar refractivity (Wildman–Crippen MR) is 94.5 cm³/mol. The summed E-state index contributed by atoms with van der Waals surface area (Å²) < 4.78 is 26.5. The molecule has 0 unspecified atom stereocenters. The molecule has 1 saturated heterocycles. The van der Waals surface area contributed by atoms with Crippen LogP contribution >= 0.6 is 0 Å². The lowest BCUT2D eigenvalue weighted by atomic mass is 9.95. The fourth-order valence-corrected chi connectivity index (χ4v) is 4.71. The SMILES string of the molecule is C[C@@H]1CN(S(=O)(=O)C(C)(C)C)[C@H](CCO)/C1=C\c1ccccc1. The van der Waals surface area contributed by atoms with E-state index in [1.807, 2.05) is 30.3 Å². The molecule has 23 heavy (non-hydrogen) atoms. The number of sulfonamides is 1. The van der Waals surface area contributed by atoms with E-state index in [-0.39, 0.29) is 18.6 Å². The molecule has 1 fully saturated rings. The van der Waals surface area contributed by atoms with E-state index in [1.54, 1.807) is 25.1 Å². The molecular weight excluding hydrogens is 310 g/mol. The van der Waals surface area contributed by atoms with Crippen LogP contribution in [0.5, 0.6) is 0 Å². The van der Waals surface area contributed by atoms with Crippen molar-refractivity contribution in [2.75, 3.05) is 13.2 Å². The van der Waals surface area contributed by atoms with Crippen LogP contribution in [0.15, 0.2) is 35.9 Å². The molecule has 0 amide bonds.